The van der Waals surface area contributed by atoms with Crippen LogP contribution in [0, 0.1) is 11.8 Å². The summed E-state index contributed by atoms with van der Waals surface area (Å²) in [6.45, 7) is 3.05. The zero-order valence-corrected chi connectivity index (χ0v) is 17.3. The van der Waals surface area contributed by atoms with Gasteiger partial charge in [-0.3, -0.25) is 4.79 Å². The highest BCUT2D eigenvalue weighted by Crippen LogP contribution is 2.41. The Bertz CT molecular complexity index is 581. The van der Waals surface area contributed by atoms with E-state index in [0.29, 0.717) is 5.91 Å². The first-order valence-corrected chi connectivity index (χ1v) is 11.1. The standard InChI is InChI=1S/C24H37NO2/c1-3-4-7-19-8-10-20(11-9-19)23(26)25-18-24(16-5-6-17-24)21-12-14-22(27-2)15-13-21/h12-15,19-20H,3-11,16-18H2,1-2H3,(H,25,26). The number of methoxy groups -OCH3 is 1. The molecule has 0 unspecified atom stereocenters. The summed E-state index contributed by atoms with van der Waals surface area (Å²) in [5.41, 5.74) is 1.46. The van der Waals surface area contributed by atoms with Crippen LogP contribution in [0.5, 0.6) is 5.75 Å². The second-order valence-corrected chi connectivity index (χ2v) is 8.79. The Morgan fingerprint density at radius 3 is 2.37 bits per heavy atom. The molecule has 0 saturated heterocycles. The molecule has 1 amide bonds. The van der Waals surface area contributed by atoms with Gasteiger partial charge in [-0.2, -0.15) is 0 Å². The van der Waals surface area contributed by atoms with E-state index in [-0.39, 0.29) is 11.3 Å². The van der Waals surface area contributed by atoms with Gasteiger partial charge < -0.3 is 10.1 Å². The molecule has 2 aliphatic rings. The molecule has 0 bridgehead atoms. The average Bonchev–Trinajstić information content (AvgIpc) is 3.21. The monoisotopic (exact) mass is 371 g/mol. The van der Waals surface area contributed by atoms with Gasteiger partial charge in [-0.15, -0.1) is 0 Å². The van der Waals surface area contributed by atoms with Gasteiger partial charge in [0.2, 0.25) is 5.91 Å². The molecule has 0 aromatic heterocycles. The van der Waals surface area contributed by atoms with Crippen LogP contribution in [0.3, 0.4) is 0 Å². The molecule has 27 heavy (non-hydrogen) atoms. The lowest BCUT2D eigenvalue weighted by Crippen LogP contribution is -2.42. The summed E-state index contributed by atoms with van der Waals surface area (Å²) in [5, 5.41) is 3.35. The molecular formula is C24H37NO2. The van der Waals surface area contributed by atoms with E-state index in [0.717, 1.165) is 31.1 Å². The lowest BCUT2D eigenvalue weighted by atomic mass is 9.77. The second-order valence-electron chi connectivity index (χ2n) is 8.79. The third kappa shape index (κ3) is 5.06. The van der Waals surface area contributed by atoms with Crippen molar-refractivity contribution in [3.8, 4) is 5.75 Å². The second kappa shape index (κ2) is 9.61. The highest BCUT2D eigenvalue weighted by molar-refractivity contribution is 5.78. The summed E-state index contributed by atoms with van der Waals surface area (Å²) in [4.78, 5) is 12.8. The molecule has 3 rings (SSSR count). The number of carbonyl (C=O) groups is 1. The van der Waals surface area contributed by atoms with E-state index in [1.165, 1.54) is 63.4 Å². The zero-order valence-electron chi connectivity index (χ0n) is 17.3. The van der Waals surface area contributed by atoms with Gasteiger partial charge in [0.1, 0.15) is 5.75 Å². The van der Waals surface area contributed by atoms with E-state index < -0.39 is 0 Å². The van der Waals surface area contributed by atoms with Gasteiger partial charge in [0.15, 0.2) is 0 Å². The Kier molecular flexibility index (Phi) is 7.20. The Morgan fingerprint density at radius 1 is 1.11 bits per heavy atom. The predicted octanol–water partition coefficient (Wildman–Crippen LogP) is 5.62. The molecule has 2 fully saturated rings. The zero-order chi connectivity index (χ0) is 19.1. The number of amides is 1. The highest BCUT2D eigenvalue weighted by atomic mass is 16.5. The molecule has 2 saturated carbocycles. The Hall–Kier alpha value is -1.51. The van der Waals surface area contributed by atoms with Gasteiger partial charge >= 0.3 is 0 Å². The fourth-order valence-corrected chi connectivity index (χ4v) is 5.17. The number of carbonyl (C=O) groups excluding carboxylic acids is 1. The third-order valence-electron chi connectivity index (χ3n) is 7.05. The van der Waals surface area contributed by atoms with Crippen molar-refractivity contribution >= 4 is 5.91 Å². The van der Waals surface area contributed by atoms with Crippen molar-refractivity contribution in [2.45, 2.75) is 83.0 Å². The molecule has 0 radical (unpaired) electrons. The Balaban J connectivity index is 1.54. The number of unbranched alkanes of at least 4 members (excludes halogenated alkanes) is 1. The number of nitrogens with one attached hydrogen (secondary N) is 1. The van der Waals surface area contributed by atoms with Crippen LogP contribution in [-0.2, 0) is 10.2 Å². The van der Waals surface area contributed by atoms with Gasteiger partial charge in [0, 0.05) is 17.9 Å². The summed E-state index contributed by atoms with van der Waals surface area (Å²) in [7, 11) is 1.71. The average molecular weight is 372 g/mol. The minimum absolute atomic E-state index is 0.111. The minimum atomic E-state index is 0.111. The van der Waals surface area contributed by atoms with Crippen molar-refractivity contribution in [2.24, 2.45) is 11.8 Å². The van der Waals surface area contributed by atoms with Crippen LogP contribution < -0.4 is 10.1 Å². The predicted molar refractivity (Wildman–Crippen MR) is 111 cm³/mol. The molecule has 150 valence electrons. The van der Waals surface area contributed by atoms with Crippen molar-refractivity contribution < 1.29 is 9.53 Å². The highest BCUT2D eigenvalue weighted by Gasteiger charge is 2.36. The first-order chi connectivity index (χ1) is 13.2. The topological polar surface area (TPSA) is 38.3 Å². The summed E-state index contributed by atoms with van der Waals surface area (Å²) >= 11 is 0. The van der Waals surface area contributed by atoms with Crippen LogP contribution in [0.15, 0.2) is 24.3 Å². The van der Waals surface area contributed by atoms with Crippen LogP contribution in [-0.4, -0.2) is 19.6 Å². The smallest absolute Gasteiger partial charge is 0.223 e. The quantitative estimate of drug-likeness (QED) is 0.644. The molecule has 3 heteroatoms. The van der Waals surface area contributed by atoms with E-state index in [2.05, 4.69) is 36.5 Å². The Labute approximate surface area is 165 Å². The lowest BCUT2D eigenvalue weighted by molar-refractivity contribution is -0.126. The number of rotatable bonds is 8. The molecule has 2 aliphatic carbocycles. The van der Waals surface area contributed by atoms with Gasteiger partial charge in [-0.05, 0) is 62.1 Å². The van der Waals surface area contributed by atoms with E-state index in [9.17, 15) is 4.79 Å². The number of ether oxygens (including phenoxy) is 1. The van der Waals surface area contributed by atoms with E-state index in [1.807, 2.05) is 0 Å². The summed E-state index contributed by atoms with van der Waals surface area (Å²) in [6, 6.07) is 8.48. The van der Waals surface area contributed by atoms with Gasteiger partial charge in [-0.1, -0.05) is 51.2 Å². The van der Waals surface area contributed by atoms with Crippen molar-refractivity contribution in [3.63, 3.8) is 0 Å². The molecule has 3 nitrogen and oxygen atoms in total. The maximum Gasteiger partial charge on any atom is 0.223 e. The molecule has 1 aromatic rings. The fraction of sp³-hybridized carbons (Fsp3) is 0.708. The van der Waals surface area contributed by atoms with E-state index in [1.54, 1.807) is 7.11 Å². The first-order valence-electron chi connectivity index (χ1n) is 11.1. The number of hydrogen-bond acceptors (Lipinski definition) is 2. The molecule has 1 aromatic carbocycles. The van der Waals surface area contributed by atoms with Crippen molar-refractivity contribution in [2.75, 3.05) is 13.7 Å². The lowest BCUT2D eigenvalue weighted by Gasteiger charge is -2.32. The van der Waals surface area contributed by atoms with Gasteiger partial charge in [-0.25, -0.2) is 0 Å². The maximum atomic E-state index is 12.8. The van der Waals surface area contributed by atoms with Crippen LogP contribution in [0.2, 0.25) is 0 Å². The molecule has 0 aliphatic heterocycles. The molecule has 0 spiro atoms. The van der Waals surface area contributed by atoms with Gasteiger partial charge in [0.25, 0.3) is 0 Å². The Morgan fingerprint density at radius 2 is 1.78 bits per heavy atom. The van der Waals surface area contributed by atoms with E-state index in [4.69, 9.17) is 4.74 Å². The summed E-state index contributed by atoms with van der Waals surface area (Å²) in [5.74, 6) is 2.28. The number of benzene rings is 1. The van der Waals surface area contributed by atoms with E-state index >= 15 is 0 Å². The fourth-order valence-electron chi connectivity index (χ4n) is 5.17. The number of hydrogen-bond donors (Lipinski definition) is 1. The van der Waals surface area contributed by atoms with Crippen LogP contribution in [0.1, 0.15) is 83.1 Å². The molecule has 1 N–H and O–H groups in total. The minimum Gasteiger partial charge on any atom is -0.497 e. The summed E-state index contributed by atoms with van der Waals surface area (Å²) in [6.07, 6.45) is 13.5. The van der Waals surface area contributed by atoms with Gasteiger partial charge in [0.05, 0.1) is 7.11 Å². The molecule has 0 atom stereocenters. The molecule has 0 heterocycles. The SMILES string of the molecule is CCCCC1CCC(C(=O)NCC2(c3ccc(OC)cc3)CCCC2)CC1. The third-order valence-corrected chi connectivity index (χ3v) is 7.05. The first kappa shape index (κ1) is 20.2. The van der Waals surface area contributed by atoms with Crippen molar-refractivity contribution in [3.05, 3.63) is 29.8 Å². The van der Waals surface area contributed by atoms with Crippen molar-refractivity contribution in [1.29, 1.82) is 0 Å². The van der Waals surface area contributed by atoms with Crippen LogP contribution in [0.25, 0.3) is 0 Å². The largest absolute Gasteiger partial charge is 0.497 e. The maximum absolute atomic E-state index is 12.8. The van der Waals surface area contributed by atoms with Crippen molar-refractivity contribution in [1.82, 2.24) is 5.32 Å². The molecular weight excluding hydrogens is 334 g/mol. The van der Waals surface area contributed by atoms with Crippen LogP contribution >= 0.6 is 0 Å². The normalized spacial score (nSPS) is 24.5. The van der Waals surface area contributed by atoms with Crippen LogP contribution in [0.4, 0.5) is 0 Å². The summed E-state index contributed by atoms with van der Waals surface area (Å²) < 4.78 is 5.31.